The molecular weight excluding hydrogens is 226 g/mol. The lowest BCUT2D eigenvalue weighted by Crippen LogP contribution is -2.26. The molecule has 4 heteroatoms. The molecule has 1 aromatic rings. The molecule has 2 atom stereocenters. The van der Waals surface area contributed by atoms with Gasteiger partial charge in [0.2, 0.25) is 0 Å². The minimum Gasteiger partial charge on any atom is -0.370 e. The van der Waals surface area contributed by atoms with Gasteiger partial charge < -0.3 is 10.1 Å². The van der Waals surface area contributed by atoms with Crippen LogP contribution in [0.2, 0.25) is 0 Å². The van der Waals surface area contributed by atoms with Gasteiger partial charge in [0.1, 0.15) is 6.10 Å². The van der Waals surface area contributed by atoms with E-state index in [9.17, 15) is 0 Å². The van der Waals surface area contributed by atoms with Crippen molar-refractivity contribution >= 4 is 0 Å². The highest BCUT2D eigenvalue weighted by Crippen LogP contribution is 2.31. The molecule has 4 nitrogen and oxygen atoms in total. The summed E-state index contributed by atoms with van der Waals surface area (Å²) in [4.78, 5) is 9.28. The van der Waals surface area contributed by atoms with Crippen molar-refractivity contribution in [2.24, 2.45) is 0 Å². The third kappa shape index (κ3) is 2.27. The van der Waals surface area contributed by atoms with Crippen molar-refractivity contribution in [3.63, 3.8) is 0 Å². The summed E-state index contributed by atoms with van der Waals surface area (Å²) in [5.74, 6) is 0.892. The van der Waals surface area contributed by atoms with Crippen molar-refractivity contribution in [2.45, 2.75) is 51.2 Å². The van der Waals surface area contributed by atoms with Gasteiger partial charge in [0, 0.05) is 30.1 Å². The highest BCUT2D eigenvalue weighted by molar-refractivity contribution is 5.25. The Bertz CT molecular complexity index is 416. The zero-order valence-corrected chi connectivity index (χ0v) is 11.0. The van der Waals surface area contributed by atoms with E-state index in [2.05, 4.69) is 17.2 Å². The standard InChI is InChI=1S/C14H21N3O/c1-2-15-11-5-3-6-12-10(11)9-16-14(17-12)13-7-4-8-18-13/h9,11,13,15H,2-8H2,1H3. The first-order chi connectivity index (χ1) is 8.88. The van der Waals surface area contributed by atoms with E-state index in [1.165, 1.54) is 24.1 Å². The molecule has 1 saturated heterocycles. The maximum absolute atomic E-state index is 5.66. The zero-order chi connectivity index (χ0) is 12.4. The summed E-state index contributed by atoms with van der Waals surface area (Å²) in [6.07, 6.45) is 7.84. The molecule has 0 amide bonds. The second-order valence-corrected chi connectivity index (χ2v) is 5.13. The SMILES string of the molecule is CCNC1CCCc2nc(C3CCCO3)ncc21. The van der Waals surface area contributed by atoms with Gasteiger partial charge >= 0.3 is 0 Å². The number of hydrogen-bond acceptors (Lipinski definition) is 4. The molecule has 0 aromatic carbocycles. The Kier molecular flexibility index (Phi) is 3.57. The first-order valence-corrected chi connectivity index (χ1v) is 7.09. The van der Waals surface area contributed by atoms with E-state index in [0.717, 1.165) is 38.2 Å². The Morgan fingerprint density at radius 3 is 3.11 bits per heavy atom. The monoisotopic (exact) mass is 247 g/mol. The fraction of sp³-hybridized carbons (Fsp3) is 0.714. The van der Waals surface area contributed by atoms with Crippen molar-refractivity contribution in [3.8, 4) is 0 Å². The number of hydrogen-bond donors (Lipinski definition) is 1. The van der Waals surface area contributed by atoms with E-state index in [-0.39, 0.29) is 6.10 Å². The molecule has 18 heavy (non-hydrogen) atoms. The minimum absolute atomic E-state index is 0.134. The Morgan fingerprint density at radius 2 is 2.33 bits per heavy atom. The summed E-state index contributed by atoms with van der Waals surface area (Å²) in [5.41, 5.74) is 2.53. The van der Waals surface area contributed by atoms with Gasteiger partial charge in [0.05, 0.1) is 0 Å². The van der Waals surface area contributed by atoms with Gasteiger partial charge in [-0.2, -0.15) is 0 Å². The lowest BCUT2D eigenvalue weighted by Gasteiger charge is -2.25. The summed E-state index contributed by atoms with van der Waals surface area (Å²) in [7, 11) is 0. The molecular formula is C14H21N3O. The molecule has 2 unspecified atom stereocenters. The summed E-state index contributed by atoms with van der Waals surface area (Å²) >= 11 is 0. The molecule has 98 valence electrons. The maximum atomic E-state index is 5.66. The summed E-state index contributed by atoms with van der Waals surface area (Å²) < 4.78 is 5.66. The molecule has 1 fully saturated rings. The average molecular weight is 247 g/mol. The quantitative estimate of drug-likeness (QED) is 0.890. The number of nitrogens with zero attached hydrogens (tertiary/aromatic N) is 2. The number of aromatic nitrogens is 2. The van der Waals surface area contributed by atoms with Crippen LogP contribution in [0.4, 0.5) is 0 Å². The first-order valence-electron chi connectivity index (χ1n) is 7.09. The molecule has 0 saturated carbocycles. The van der Waals surface area contributed by atoms with Crippen LogP contribution in [0.15, 0.2) is 6.20 Å². The topological polar surface area (TPSA) is 47.0 Å². The van der Waals surface area contributed by atoms with Crippen LogP contribution < -0.4 is 5.32 Å². The molecule has 0 radical (unpaired) electrons. The van der Waals surface area contributed by atoms with Crippen LogP contribution in [0.1, 0.15) is 61.8 Å². The Balaban J connectivity index is 1.85. The van der Waals surface area contributed by atoms with E-state index in [1.807, 2.05) is 6.20 Å². The normalized spacial score (nSPS) is 27.2. The predicted octanol–water partition coefficient (Wildman–Crippen LogP) is 2.32. The third-order valence-corrected chi connectivity index (χ3v) is 3.87. The Labute approximate surface area is 108 Å². The molecule has 2 heterocycles. The number of aryl methyl sites for hydroxylation is 1. The second kappa shape index (κ2) is 5.33. The van der Waals surface area contributed by atoms with Crippen LogP contribution in [0, 0.1) is 0 Å². The van der Waals surface area contributed by atoms with Gasteiger partial charge in [0.15, 0.2) is 5.82 Å². The van der Waals surface area contributed by atoms with Crippen molar-refractivity contribution < 1.29 is 4.74 Å². The number of fused-ring (bicyclic) bond motifs is 1. The third-order valence-electron chi connectivity index (χ3n) is 3.87. The highest BCUT2D eigenvalue weighted by atomic mass is 16.5. The van der Waals surface area contributed by atoms with Crippen LogP contribution >= 0.6 is 0 Å². The van der Waals surface area contributed by atoms with Crippen molar-refractivity contribution in [1.82, 2.24) is 15.3 Å². The van der Waals surface area contributed by atoms with Crippen LogP contribution in [-0.2, 0) is 11.2 Å². The van der Waals surface area contributed by atoms with Crippen LogP contribution in [0.25, 0.3) is 0 Å². The first kappa shape index (κ1) is 12.1. The molecule has 3 rings (SSSR count). The minimum atomic E-state index is 0.134. The van der Waals surface area contributed by atoms with E-state index < -0.39 is 0 Å². The summed E-state index contributed by atoms with van der Waals surface area (Å²) in [6.45, 7) is 4.00. The molecule has 0 bridgehead atoms. The number of nitrogens with one attached hydrogen (secondary N) is 1. The predicted molar refractivity (Wildman–Crippen MR) is 69.3 cm³/mol. The van der Waals surface area contributed by atoms with Crippen LogP contribution in [0.5, 0.6) is 0 Å². The van der Waals surface area contributed by atoms with Gasteiger partial charge in [-0.15, -0.1) is 0 Å². The molecule has 1 aromatic heterocycles. The molecule has 1 aliphatic carbocycles. The lowest BCUT2D eigenvalue weighted by molar-refractivity contribution is 0.104. The summed E-state index contributed by atoms with van der Waals surface area (Å²) in [5, 5.41) is 3.52. The van der Waals surface area contributed by atoms with Gasteiger partial charge in [-0.1, -0.05) is 6.92 Å². The number of rotatable bonds is 3. The maximum Gasteiger partial charge on any atom is 0.157 e. The molecule has 0 spiro atoms. The second-order valence-electron chi connectivity index (χ2n) is 5.13. The zero-order valence-electron chi connectivity index (χ0n) is 11.0. The summed E-state index contributed by atoms with van der Waals surface area (Å²) in [6, 6.07) is 0.442. The van der Waals surface area contributed by atoms with E-state index in [0.29, 0.717) is 6.04 Å². The molecule has 1 aliphatic heterocycles. The highest BCUT2D eigenvalue weighted by Gasteiger charge is 2.25. The average Bonchev–Trinajstić information content (AvgIpc) is 2.93. The van der Waals surface area contributed by atoms with Crippen molar-refractivity contribution in [1.29, 1.82) is 0 Å². The van der Waals surface area contributed by atoms with Crippen molar-refractivity contribution in [3.05, 3.63) is 23.3 Å². The van der Waals surface area contributed by atoms with E-state index in [1.54, 1.807) is 0 Å². The van der Waals surface area contributed by atoms with Gasteiger partial charge in [0.25, 0.3) is 0 Å². The van der Waals surface area contributed by atoms with Crippen molar-refractivity contribution in [2.75, 3.05) is 13.2 Å². The Hall–Kier alpha value is -1.00. The largest absolute Gasteiger partial charge is 0.370 e. The van der Waals surface area contributed by atoms with Gasteiger partial charge in [-0.3, -0.25) is 0 Å². The van der Waals surface area contributed by atoms with E-state index in [4.69, 9.17) is 9.72 Å². The fourth-order valence-corrected chi connectivity index (χ4v) is 2.96. The molecule has 2 aliphatic rings. The fourth-order valence-electron chi connectivity index (χ4n) is 2.96. The van der Waals surface area contributed by atoms with Gasteiger partial charge in [-0.05, 0) is 38.6 Å². The lowest BCUT2D eigenvalue weighted by atomic mass is 9.92. The smallest absolute Gasteiger partial charge is 0.157 e. The van der Waals surface area contributed by atoms with E-state index >= 15 is 0 Å². The number of ether oxygens (including phenoxy) is 1. The van der Waals surface area contributed by atoms with Crippen LogP contribution in [-0.4, -0.2) is 23.1 Å². The molecule has 1 N–H and O–H groups in total. The van der Waals surface area contributed by atoms with Crippen LogP contribution in [0.3, 0.4) is 0 Å². The Morgan fingerprint density at radius 1 is 1.39 bits per heavy atom. The van der Waals surface area contributed by atoms with Gasteiger partial charge in [-0.25, -0.2) is 9.97 Å².